The Labute approximate surface area is 188 Å². The first-order valence-electron chi connectivity index (χ1n) is 10.8. The zero-order valence-corrected chi connectivity index (χ0v) is 18.3. The molecular weight excluding hydrogens is 443 g/mol. The maximum atomic E-state index is 14.0. The Kier molecular flexibility index (Phi) is 5.84. The number of alkyl halides is 3. The number of nitrogens with one attached hydrogen (secondary N) is 1. The average molecular weight is 468 g/mol. The van der Waals surface area contributed by atoms with Gasteiger partial charge < -0.3 is 16.0 Å². The van der Waals surface area contributed by atoms with Crippen molar-refractivity contribution < 1.29 is 26.7 Å². The Balaban J connectivity index is 1.94. The van der Waals surface area contributed by atoms with E-state index in [1.165, 1.54) is 0 Å². The number of benzene rings is 1. The van der Waals surface area contributed by atoms with E-state index in [1.54, 1.807) is 11.8 Å². The zero-order valence-electron chi connectivity index (χ0n) is 18.3. The van der Waals surface area contributed by atoms with Gasteiger partial charge in [-0.1, -0.05) is 0 Å². The summed E-state index contributed by atoms with van der Waals surface area (Å²) in [6, 6.07) is 2.03. The van der Waals surface area contributed by atoms with Crippen LogP contribution in [-0.4, -0.2) is 35.6 Å². The Morgan fingerprint density at radius 1 is 1.24 bits per heavy atom. The highest BCUT2D eigenvalue weighted by Crippen LogP contribution is 2.45. The van der Waals surface area contributed by atoms with Gasteiger partial charge in [-0.15, -0.1) is 0 Å². The minimum Gasteiger partial charge on any atom is -0.368 e. The van der Waals surface area contributed by atoms with Crippen LogP contribution in [0.1, 0.15) is 49.2 Å². The molecule has 2 aromatic rings. The van der Waals surface area contributed by atoms with Crippen LogP contribution in [0.3, 0.4) is 0 Å². The highest BCUT2D eigenvalue weighted by molar-refractivity contribution is 6.04. The SMILES string of the molecule is CC(NC(=O)c1cnc(C(F)(F)F)c(-c2cc(F)cc(F)c2)c1N1CC[C@](C)(N)C1)C1CC1. The molecule has 1 amide bonds. The number of hydrogen-bond acceptors (Lipinski definition) is 4. The van der Waals surface area contributed by atoms with Crippen molar-refractivity contribution in [3.8, 4) is 11.1 Å². The van der Waals surface area contributed by atoms with Gasteiger partial charge in [-0.05, 0) is 56.7 Å². The number of carbonyl (C=O) groups excluding carboxylic acids is 1. The summed E-state index contributed by atoms with van der Waals surface area (Å²) in [6.07, 6.45) is -1.64. The van der Waals surface area contributed by atoms with Crippen molar-refractivity contribution in [1.82, 2.24) is 10.3 Å². The number of amides is 1. The third-order valence-corrected chi connectivity index (χ3v) is 6.22. The molecule has 2 aliphatic rings. The first kappa shape index (κ1) is 23.4. The van der Waals surface area contributed by atoms with Crippen molar-refractivity contribution in [3.63, 3.8) is 0 Å². The molecule has 2 fully saturated rings. The summed E-state index contributed by atoms with van der Waals surface area (Å²) in [5.41, 5.74) is 3.15. The molecule has 1 unspecified atom stereocenters. The van der Waals surface area contributed by atoms with Crippen LogP contribution in [0.4, 0.5) is 27.6 Å². The van der Waals surface area contributed by atoms with Gasteiger partial charge in [-0.2, -0.15) is 13.2 Å². The van der Waals surface area contributed by atoms with E-state index in [0.29, 0.717) is 18.4 Å². The van der Waals surface area contributed by atoms with E-state index in [0.717, 1.165) is 31.2 Å². The quantitative estimate of drug-likeness (QED) is 0.634. The molecule has 4 rings (SSSR count). The van der Waals surface area contributed by atoms with Gasteiger partial charge in [0.2, 0.25) is 0 Å². The minimum atomic E-state index is -4.92. The van der Waals surface area contributed by atoms with Gasteiger partial charge in [0.15, 0.2) is 5.69 Å². The lowest BCUT2D eigenvalue weighted by Gasteiger charge is -2.28. The topological polar surface area (TPSA) is 71.2 Å². The summed E-state index contributed by atoms with van der Waals surface area (Å²) in [7, 11) is 0. The second-order valence-corrected chi connectivity index (χ2v) is 9.33. The molecule has 1 aromatic heterocycles. The van der Waals surface area contributed by atoms with Crippen molar-refractivity contribution in [2.45, 2.75) is 50.9 Å². The number of nitrogens with zero attached hydrogens (tertiary/aromatic N) is 2. The second kappa shape index (κ2) is 8.23. The number of rotatable bonds is 5. The average Bonchev–Trinajstić information content (AvgIpc) is 3.48. The molecule has 1 aliphatic carbocycles. The molecule has 0 spiro atoms. The Bertz CT molecular complexity index is 1060. The van der Waals surface area contributed by atoms with E-state index in [-0.39, 0.29) is 35.9 Å². The van der Waals surface area contributed by atoms with Crippen molar-refractivity contribution in [2.75, 3.05) is 18.0 Å². The van der Waals surface area contributed by atoms with Crippen LogP contribution >= 0.6 is 0 Å². The van der Waals surface area contributed by atoms with Crippen molar-refractivity contribution >= 4 is 11.6 Å². The van der Waals surface area contributed by atoms with Gasteiger partial charge in [0.25, 0.3) is 5.91 Å². The Hall–Kier alpha value is -2.75. The van der Waals surface area contributed by atoms with E-state index in [4.69, 9.17) is 5.73 Å². The molecule has 0 radical (unpaired) electrons. The van der Waals surface area contributed by atoms with Crippen LogP contribution in [0.2, 0.25) is 0 Å². The first-order chi connectivity index (χ1) is 15.4. The third kappa shape index (κ3) is 4.95. The van der Waals surface area contributed by atoms with E-state index in [9.17, 15) is 26.7 Å². The summed E-state index contributed by atoms with van der Waals surface area (Å²) >= 11 is 0. The third-order valence-electron chi connectivity index (χ3n) is 6.22. The molecule has 2 heterocycles. The van der Waals surface area contributed by atoms with Gasteiger partial charge in [-0.3, -0.25) is 9.78 Å². The zero-order chi connectivity index (χ0) is 24.1. The monoisotopic (exact) mass is 468 g/mol. The Morgan fingerprint density at radius 3 is 2.39 bits per heavy atom. The van der Waals surface area contributed by atoms with Crippen molar-refractivity contribution in [2.24, 2.45) is 11.7 Å². The first-order valence-corrected chi connectivity index (χ1v) is 10.8. The fraction of sp³-hybridized carbons (Fsp3) is 0.478. The summed E-state index contributed by atoms with van der Waals surface area (Å²) in [6.45, 7) is 4.03. The summed E-state index contributed by atoms with van der Waals surface area (Å²) in [5.74, 6) is -2.34. The molecule has 5 nitrogen and oxygen atoms in total. The molecule has 33 heavy (non-hydrogen) atoms. The number of halogens is 5. The molecule has 1 aromatic carbocycles. The molecule has 178 valence electrons. The van der Waals surface area contributed by atoms with Crippen molar-refractivity contribution in [1.29, 1.82) is 0 Å². The van der Waals surface area contributed by atoms with Crippen molar-refractivity contribution in [3.05, 3.63) is 47.3 Å². The number of nitrogens with two attached hydrogens (primary N) is 1. The molecule has 3 N–H and O–H groups in total. The van der Waals surface area contributed by atoms with Gasteiger partial charge >= 0.3 is 6.18 Å². The number of carbonyl (C=O) groups is 1. The predicted octanol–water partition coefficient (Wildman–Crippen LogP) is 4.50. The maximum absolute atomic E-state index is 14.0. The van der Waals surface area contributed by atoms with Gasteiger partial charge in [0, 0.05) is 42.5 Å². The van der Waals surface area contributed by atoms with Crippen LogP contribution in [0.5, 0.6) is 0 Å². The predicted molar refractivity (Wildman–Crippen MR) is 114 cm³/mol. The van der Waals surface area contributed by atoms with Gasteiger partial charge in [0.05, 0.1) is 11.3 Å². The van der Waals surface area contributed by atoms with E-state index < -0.39 is 40.5 Å². The van der Waals surface area contributed by atoms with E-state index in [1.807, 2.05) is 6.92 Å². The summed E-state index contributed by atoms with van der Waals surface area (Å²) in [4.78, 5) is 18.3. The second-order valence-electron chi connectivity index (χ2n) is 9.33. The highest BCUT2D eigenvalue weighted by Gasteiger charge is 2.41. The molecule has 2 atom stereocenters. The van der Waals surface area contributed by atoms with Crippen LogP contribution < -0.4 is 16.0 Å². The molecule has 1 saturated heterocycles. The van der Waals surface area contributed by atoms with Crippen LogP contribution in [0.25, 0.3) is 11.1 Å². The fourth-order valence-corrected chi connectivity index (χ4v) is 4.36. The van der Waals surface area contributed by atoms with Crippen LogP contribution in [-0.2, 0) is 6.18 Å². The Morgan fingerprint density at radius 2 is 1.88 bits per heavy atom. The lowest BCUT2D eigenvalue weighted by atomic mass is 9.96. The lowest BCUT2D eigenvalue weighted by Crippen LogP contribution is -2.40. The molecule has 10 heteroatoms. The summed E-state index contributed by atoms with van der Waals surface area (Å²) < 4.78 is 70.1. The fourth-order valence-electron chi connectivity index (χ4n) is 4.36. The highest BCUT2D eigenvalue weighted by atomic mass is 19.4. The van der Waals surface area contributed by atoms with Crippen LogP contribution in [0.15, 0.2) is 24.4 Å². The van der Waals surface area contributed by atoms with Crippen LogP contribution in [0, 0.1) is 17.6 Å². The minimum absolute atomic E-state index is 0.0722. The van der Waals surface area contributed by atoms with Gasteiger partial charge in [0.1, 0.15) is 11.6 Å². The number of anilines is 1. The lowest BCUT2D eigenvalue weighted by molar-refractivity contribution is -0.140. The summed E-state index contributed by atoms with van der Waals surface area (Å²) in [5, 5.41) is 2.84. The molecule has 1 saturated carbocycles. The molecule has 0 bridgehead atoms. The largest absolute Gasteiger partial charge is 0.434 e. The van der Waals surface area contributed by atoms with E-state index in [2.05, 4.69) is 10.3 Å². The molecule has 1 aliphatic heterocycles. The van der Waals surface area contributed by atoms with E-state index >= 15 is 0 Å². The maximum Gasteiger partial charge on any atom is 0.434 e. The molecular formula is C23H25F5N4O. The smallest absolute Gasteiger partial charge is 0.368 e. The number of pyridine rings is 1. The van der Waals surface area contributed by atoms with Gasteiger partial charge in [-0.25, -0.2) is 8.78 Å². The number of hydrogen-bond donors (Lipinski definition) is 2. The number of aromatic nitrogens is 1. The standard InChI is InChI=1S/C23H25F5N4O/c1-12(13-3-4-13)31-21(33)17-10-30-20(23(26,27)28)18(14-7-15(24)9-16(25)8-14)19(17)32-6-5-22(2,29)11-32/h7-10,12-13H,3-6,11,29H2,1-2H3,(H,31,33)/t12?,22-/m0/s1. The normalized spacial score (nSPS) is 21.9.